The molecule has 0 unspecified atom stereocenters. The van der Waals surface area contributed by atoms with Gasteiger partial charge in [0.25, 0.3) is 0 Å². The van der Waals surface area contributed by atoms with E-state index in [0.29, 0.717) is 11.3 Å². The van der Waals surface area contributed by atoms with E-state index in [1.54, 1.807) is 0 Å². The molecular weight excluding hydrogens is 467 g/mol. The predicted molar refractivity (Wildman–Crippen MR) is 167 cm³/mol. The van der Waals surface area contributed by atoms with Gasteiger partial charge < -0.3 is 4.67 Å². The van der Waals surface area contributed by atoms with Gasteiger partial charge in [-0.1, -0.05) is 135 Å². The van der Waals surface area contributed by atoms with Gasteiger partial charge in [-0.15, -0.1) is 0 Å². The molecular formula is C34H47N2P. The predicted octanol–water partition coefficient (Wildman–Crippen LogP) is 10.4. The Kier molecular flexibility index (Phi) is 9.07. The molecule has 0 spiro atoms. The summed E-state index contributed by atoms with van der Waals surface area (Å²) in [6.07, 6.45) is 0. The van der Waals surface area contributed by atoms with Crippen LogP contribution in [0.3, 0.4) is 0 Å². The highest BCUT2D eigenvalue weighted by atomic mass is 31.1. The largest absolute Gasteiger partial charge is 0.303 e. The van der Waals surface area contributed by atoms with Crippen LogP contribution >= 0.6 is 8.07 Å². The maximum absolute atomic E-state index is 5.57. The molecule has 0 aliphatic heterocycles. The molecule has 3 aromatic carbocycles. The van der Waals surface area contributed by atoms with Crippen LogP contribution in [-0.4, -0.2) is 17.2 Å². The fraction of sp³-hybridized carbons (Fsp3) is 0.441. The van der Waals surface area contributed by atoms with E-state index < -0.39 is 8.07 Å². The zero-order chi connectivity index (χ0) is 27.5. The topological polar surface area (TPSA) is 15.6 Å². The lowest BCUT2D eigenvalue weighted by molar-refractivity contribution is 0.591. The fourth-order valence-electron chi connectivity index (χ4n) is 4.95. The fourth-order valence-corrected chi connectivity index (χ4v) is 7.87. The summed E-state index contributed by atoms with van der Waals surface area (Å²) in [6.45, 7) is 25.4. The summed E-state index contributed by atoms with van der Waals surface area (Å²) >= 11 is 0. The number of para-hydroxylation sites is 2. The van der Waals surface area contributed by atoms with Crippen molar-refractivity contribution < 1.29 is 0 Å². The molecule has 37 heavy (non-hydrogen) atoms. The van der Waals surface area contributed by atoms with Crippen molar-refractivity contribution in [2.75, 3.05) is 4.67 Å². The zero-order valence-electron chi connectivity index (χ0n) is 24.9. The third-order valence-electron chi connectivity index (χ3n) is 6.68. The van der Waals surface area contributed by atoms with Crippen LogP contribution in [0.25, 0.3) is 0 Å². The minimum atomic E-state index is -0.584. The van der Waals surface area contributed by atoms with E-state index in [2.05, 4.69) is 154 Å². The number of hydrogen-bond acceptors (Lipinski definition) is 1. The molecule has 0 saturated carbocycles. The molecule has 3 rings (SSSR count). The molecule has 0 amide bonds. The summed E-state index contributed by atoms with van der Waals surface area (Å²) in [4.78, 5) is 5.57. The van der Waals surface area contributed by atoms with Gasteiger partial charge in [0.15, 0.2) is 0 Å². The van der Waals surface area contributed by atoms with E-state index in [-0.39, 0.29) is 10.8 Å². The third kappa shape index (κ3) is 6.91. The van der Waals surface area contributed by atoms with Crippen LogP contribution in [0.5, 0.6) is 0 Å². The molecule has 3 heteroatoms. The van der Waals surface area contributed by atoms with E-state index >= 15 is 0 Å². The second kappa shape index (κ2) is 11.5. The van der Waals surface area contributed by atoms with Gasteiger partial charge in [0.05, 0.1) is 5.69 Å². The Morgan fingerprint density at radius 2 is 1.16 bits per heavy atom. The number of nitrogens with zero attached hydrogens (tertiary/aromatic N) is 2. The molecule has 0 N–H and O–H groups in total. The quantitative estimate of drug-likeness (QED) is 0.181. The zero-order valence-corrected chi connectivity index (χ0v) is 25.8. The number of amidine groups is 1. The Labute approximate surface area is 228 Å². The third-order valence-corrected chi connectivity index (χ3v) is 9.66. The monoisotopic (exact) mass is 514 g/mol. The van der Waals surface area contributed by atoms with E-state index in [1.807, 2.05) is 0 Å². The molecule has 0 saturated heterocycles. The molecule has 0 aromatic heterocycles. The first-order valence-corrected chi connectivity index (χ1v) is 15.1. The van der Waals surface area contributed by atoms with Crippen LogP contribution < -0.4 is 4.67 Å². The molecule has 0 heterocycles. The lowest BCUT2D eigenvalue weighted by Crippen LogP contribution is -2.34. The van der Waals surface area contributed by atoms with Crippen molar-refractivity contribution in [2.45, 2.75) is 98.3 Å². The van der Waals surface area contributed by atoms with Gasteiger partial charge in [0, 0.05) is 19.3 Å². The summed E-state index contributed by atoms with van der Waals surface area (Å²) in [5.74, 6) is 1.04. The maximum atomic E-state index is 5.57. The second-order valence-electron chi connectivity index (χ2n) is 12.7. The number of aryl methyl sites for hydroxylation is 1. The first kappa shape index (κ1) is 29.1. The minimum Gasteiger partial charge on any atom is -0.303 e. The second-order valence-corrected chi connectivity index (χ2v) is 15.9. The average Bonchev–Trinajstić information content (AvgIpc) is 2.80. The number of hydrogen-bond donors (Lipinski definition) is 0. The van der Waals surface area contributed by atoms with Crippen molar-refractivity contribution in [3.8, 4) is 0 Å². The lowest BCUT2D eigenvalue weighted by atomic mass is 9.85. The number of rotatable bonds is 6. The van der Waals surface area contributed by atoms with Crippen molar-refractivity contribution in [3.05, 3.63) is 95.1 Å². The number of anilines is 1. The van der Waals surface area contributed by atoms with Crippen LogP contribution in [0.1, 0.15) is 91.5 Å². The van der Waals surface area contributed by atoms with Gasteiger partial charge >= 0.3 is 0 Å². The summed E-state index contributed by atoms with van der Waals surface area (Å²) in [5, 5.41) is 0. The van der Waals surface area contributed by atoms with E-state index in [9.17, 15) is 0 Å². The molecule has 0 bridgehead atoms. The summed E-state index contributed by atoms with van der Waals surface area (Å²) in [7, 11) is -0.584. The first-order chi connectivity index (χ1) is 17.2. The summed E-state index contributed by atoms with van der Waals surface area (Å²) < 4.78 is 2.62. The van der Waals surface area contributed by atoms with Crippen LogP contribution in [0.2, 0.25) is 0 Å². The molecule has 0 fully saturated rings. The van der Waals surface area contributed by atoms with Crippen molar-refractivity contribution >= 4 is 25.3 Å². The van der Waals surface area contributed by atoms with Crippen LogP contribution in [0, 0.1) is 6.92 Å². The molecule has 3 aromatic rings. The van der Waals surface area contributed by atoms with Gasteiger partial charge in [-0.2, -0.15) is 0 Å². The molecule has 0 radical (unpaired) electrons. The minimum absolute atomic E-state index is 0.00546. The Hall–Kier alpha value is -2.44. The van der Waals surface area contributed by atoms with Gasteiger partial charge in [0.2, 0.25) is 0 Å². The van der Waals surface area contributed by atoms with Gasteiger partial charge in [-0.05, 0) is 52.3 Å². The van der Waals surface area contributed by atoms with Gasteiger partial charge in [0.1, 0.15) is 5.84 Å². The van der Waals surface area contributed by atoms with Gasteiger partial charge in [-0.25, -0.2) is 4.99 Å². The normalized spacial score (nSPS) is 13.1. The summed E-state index contributed by atoms with van der Waals surface area (Å²) in [6, 6.07) is 26.5. The van der Waals surface area contributed by atoms with Gasteiger partial charge in [-0.3, -0.25) is 0 Å². The number of benzene rings is 3. The first-order valence-electron chi connectivity index (χ1n) is 13.6. The highest BCUT2D eigenvalue weighted by molar-refractivity contribution is 7.61. The number of aliphatic imine (C=N–C) groups is 1. The molecule has 198 valence electrons. The molecule has 0 aliphatic rings. The molecule has 2 nitrogen and oxygen atoms in total. The highest BCUT2D eigenvalue weighted by Crippen LogP contribution is 2.54. The maximum Gasteiger partial charge on any atom is 0.144 e. The van der Waals surface area contributed by atoms with E-state index in [0.717, 1.165) is 17.1 Å². The van der Waals surface area contributed by atoms with Crippen molar-refractivity contribution in [1.29, 1.82) is 0 Å². The van der Waals surface area contributed by atoms with Crippen molar-refractivity contribution in [2.24, 2.45) is 4.99 Å². The summed E-state index contributed by atoms with van der Waals surface area (Å²) in [5.41, 5.74) is 8.35. The average molecular weight is 515 g/mol. The van der Waals surface area contributed by atoms with Crippen LogP contribution in [-0.2, 0) is 10.8 Å². The van der Waals surface area contributed by atoms with Crippen molar-refractivity contribution in [1.82, 2.24) is 0 Å². The smallest absolute Gasteiger partial charge is 0.144 e. The van der Waals surface area contributed by atoms with E-state index in [1.165, 1.54) is 22.4 Å². The Balaban J connectivity index is 2.46. The molecule has 0 aliphatic carbocycles. The van der Waals surface area contributed by atoms with Crippen LogP contribution in [0.4, 0.5) is 11.4 Å². The Morgan fingerprint density at radius 1 is 0.676 bits per heavy atom. The lowest BCUT2D eigenvalue weighted by Gasteiger charge is -2.42. The molecule has 0 atom stereocenters. The SMILES string of the molecule is Cc1ccc(C(=Nc2ccccc2C(C)(C)C)N(c2ccccc2C(C)(C)C)P(C(C)C)C(C)C)cc1. The highest BCUT2D eigenvalue weighted by Gasteiger charge is 2.33. The standard InChI is InChI=1S/C34H47N2P/c1-24(2)37(25(3)4)36(31-19-15-13-17-29(31)34(9,10)11)32(27-22-20-26(5)21-23-27)35-30-18-14-12-16-28(30)33(6,7)8/h12-25H,1-11H3. The van der Waals surface area contributed by atoms with Crippen LogP contribution in [0.15, 0.2) is 77.8 Å². The van der Waals surface area contributed by atoms with E-state index in [4.69, 9.17) is 4.99 Å². The Bertz CT molecular complexity index is 1200. The Morgan fingerprint density at radius 3 is 1.68 bits per heavy atom. The van der Waals surface area contributed by atoms with Crippen molar-refractivity contribution in [3.63, 3.8) is 0 Å².